The molecule has 0 amide bonds. The fourth-order valence-corrected chi connectivity index (χ4v) is 3.57. The first-order valence-electron chi connectivity index (χ1n) is 6.66. The molecule has 0 aromatic carbocycles. The van der Waals surface area contributed by atoms with Crippen LogP contribution in [0.15, 0.2) is 50.1 Å². The molecule has 4 nitrogen and oxygen atoms in total. The molecule has 0 fully saturated rings. The van der Waals surface area contributed by atoms with Crippen LogP contribution in [0.4, 0.5) is 0 Å². The maximum Gasteiger partial charge on any atom is 0.198 e. The minimum absolute atomic E-state index is 0.136. The van der Waals surface area contributed by atoms with E-state index >= 15 is 0 Å². The highest BCUT2D eigenvalue weighted by atomic mass is 35.5. The number of carbonyl (C=O) groups excluding carboxylic acids is 1. The molecular weight excluding hydrogens is 322 g/mol. The molecular formula is C16H14ClNO3S. The van der Waals surface area contributed by atoms with E-state index in [9.17, 15) is 4.79 Å². The maximum atomic E-state index is 12.9. The van der Waals surface area contributed by atoms with Crippen molar-refractivity contribution in [2.45, 2.75) is 13.3 Å². The Bertz CT molecular complexity index is 783. The van der Waals surface area contributed by atoms with E-state index < -0.39 is 0 Å². The minimum atomic E-state index is -0.136. The molecule has 1 aliphatic carbocycles. The van der Waals surface area contributed by atoms with E-state index in [-0.39, 0.29) is 5.78 Å². The summed E-state index contributed by atoms with van der Waals surface area (Å²) in [5.41, 5.74) is 3.50. The Hall–Kier alpha value is -1.85. The molecule has 0 N–H and O–H groups in total. The minimum Gasteiger partial charge on any atom is -0.495 e. The van der Waals surface area contributed by atoms with Crippen LogP contribution >= 0.6 is 22.9 Å². The van der Waals surface area contributed by atoms with Crippen LogP contribution < -0.4 is 4.74 Å². The van der Waals surface area contributed by atoms with Gasteiger partial charge in [-0.1, -0.05) is 11.6 Å². The summed E-state index contributed by atoms with van der Waals surface area (Å²) in [6.07, 6.45) is 2.38. The molecule has 1 aromatic rings. The van der Waals surface area contributed by atoms with Gasteiger partial charge in [-0.15, -0.1) is 11.3 Å². The molecule has 2 heterocycles. The molecule has 0 unspecified atom stereocenters. The number of halogens is 1. The van der Waals surface area contributed by atoms with Gasteiger partial charge in [-0.25, -0.2) is 0 Å². The van der Waals surface area contributed by atoms with Crippen molar-refractivity contribution in [3.05, 3.63) is 50.7 Å². The molecule has 114 valence electrons. The van der Waals surface area contributed by atoms with Crippen molar-refractivity contribution in [2.24, 2.45) is 4.99 Å². The third-order valence-corrected chi connectivity index (χ3v) is 4.70. The highest BCUT2D eigenvalue weighted by Gasteiger charge is 2.32. The third-order valence-electron chi connectivity index (χ3n) is 3.51. The number of ether oxygens (including phenoxy) is 2. The van der Waals surface area contributed by atoms with Crippen molar-refractivity contribution in [2.75, 3.05) is 14.2 Å². The van der Waals surface area contributed by atoms with Crippen molar-refractivity contribution in [1.82, 2.24) is 0 Å². The van der Waals surface area contributed by atoms with Gasteiger partial charge in [0.15, 0.2) is 10.8 Å². The zero-order chi connectivity index (χ0) is 15.9. The maximum absolute atomic E-state index is 12.9. The summed E-state index contributed by atoms with van der Waals surface area (Å²) in [7, 11) is 3.10. The van der Waals surface area contributed by atoms with Gasteiger partial charge in [0.25, 0.3) is 0 Å². The molecule has 3 rings (SSSR count). The molecule has 0 saturated carbocycles. The van der Waals surface area contributed by atoms with Crippen LogP contribution in [0.2, 0.25) is 0 Å². The summed E-state index contributed by atoms with van der Waals surface area (Å²) < 4.78 is 10.5. The van der Waals surface area contributed by atoms with Gasteiger partial charge in [-0.2, -0.15) is 0 Å². The number of fused-ring (bicyclic) bond motifs is 1. The van der Waals surface area contributed by atoms with Crippen LogP contribution in [0, 0.1) is 0 Å². The molecule has 0 bridgehead atoms. The lowest BCUT2D eigenvalue weighted by molar-refractivity contribution is 0.102. The van der Waals surface area contributed by atoms with E-state index in [2.05, 4.69) is 4.99 Å². The van der Waals surface area contributed by atoms with E-state index in [0.717, 1.165) is 17.0 Å². The SMILES string of the molecule is COC1=C(Cl)CC2=NC(C)=CC2=C1C(=O)c1csc(OC)c1. The standard InChI is InChI=1S/C16H14ClNO3S/c1-8-4-10-12(18-8)6-11(17)16(21-3)14(10)15(19)9-5-13(20-2)22-7-9/h4-5,7H,6H2,1-3H3. The second-order valence-electron chi connectivity index (χ2n) is 4.94. The number of carbonyl (C=O) groups is 1. The third kappa shape index (κ3) is 2.40. The lowest BCUT2D eigenvalue weighted by Crippen LogP contribution is -2.18. The Morgan fingerprint density at radius 3 is 2.77 bits per heavy atom. The number of ketones is 1. The monoisotopic (exact) mass is 335 g/mol. The van der Waals surface area contributed by atoms with Crippen molar-refractivity contribution < 1.29 is 14.3 Å². The van der Waals surface area contributed by atoms with Gasteiger partial charge in [0, 0.05) is 34.7 Å². The average molecular weight is 336 g/mol. The first kappa shape index (κ1) is 15.1. The highest BCUT2D eigenvalue weighted by Crippen LogP contribution is 2.38. The van der Waals surface area contributed by atoms with Gasteiger partial charge in [-0.3, -0.25) is 9.79 Å². The molecule has 0 spiro atoms. The Morgan fingerprint density at radius 2 is 2.14 bits per heavy atom. The summed E-state index contributed by atoms with van der Waals surface area (Å²) in [5.74, 6) is 0.291. The quantitative estimate of drug-likeness (QED) is 0.778. The first-order chi connectivity index (χ1) is 10.5. The number of Topliss-reactive ketones (excluding diaryl/α,β-unsaturated/α-hetero) is 1. The normalized spacial score (nSPS) is 17.3. The van der Waals surface area contributed by atoms with Gasteiger partial charge in [-0.05, 0) is 13.0 Å². The summed E-state index contributed by atoms with van der Waals surface area (Å²) >= 11 is 7.67. The van der Waals surface area contributed by atoms with Crippen LogP contribution in [0.1, 0.15) is 23.7 Å². The van der Waals surface area contributed by atoms with Crippen LogP contribution in [0.25, 0.3) is 0 Å². The molecule has 0 radical (unpaired) electrons. The van der Waals surface area contributed by atoms with Crippen molar-refractivity contribution in [3.8, 4) is 5.06 Å². The lowest BCUT2D eigenvalue weighted by Gasteiger charge is -2.20. The smallest absolute Gasteiger partial charge is 0.198 e. The number of methoxy groups -OCH3 is 2. The van der Waals surface area contributed by atoms with E-state index in [0.29, 0.717) is 33.4 Å². The number of hydrogen-bond acceptors (Lipinski definition) is 5. The number of aliphatic imine (C=N–C) groups is 1. The second kappa shape index (κ2) is 5.74. The molecule has 0 saturated heterocycles. The summed E-state index contributed by atoms with van der Waals surface area (Å²) in [5, 5.41) is 2.96. The van der Waals surface area contributed by atoms with Crippen molar-refractivity contribution in [3.63, 3.8) is 0 Å². The van der Waals surface area contributed by atoms with Crippen molar-refractivity contribution >= 4 is 34.4 Å². The molecule has 0 atom stereocenters. The van der Waals surface area contributed by atoms with Gasteiger partial charge >= 0.3 is 0 Å². The number of hydrogen-bond donors (Lipinski definition) is 0. The van der Waals surface area contributed by atoms with Gasteiger partial charge in [0.05, 0.1) is 30.5 Å². The topological polar surface area (TPSA) is 47.9 Å². The van der Waals surface area contributed by atoms with Crippen molar-refractivity contribution in [1.29, 1.82) is 0 Å². The highest BCUT2D eigenvalue weighted by molar-refractivity contribution is 7.12. The number of nitrogens with zero attached hydrogens (tertiary/aromatic N) is 1. The van der Waals surface area contributed by atoms with Crippen LogP contribution in [-0.4, -0.2) is 25.7 Å². The lowest BCUT2D eigenvalue weighted by atomic mass is 9.90. The number of rotatable bonds is 4. The van der Waals surface area contributed by atoms with Crippen LogP contribution in [0.5, 0.6) is 5.06 Å². The fourth-order valence-electron chi connectivity index (χ4n) is 2.56. The summed E-state index contributed by atoms with van der Waals surface area (Å²) in [6, 6.07) is 1.72. The molecule has 22 heavy (non-hydrogen) atoms. The first-order valence-corrected chi connectivity index (χ1v) is 7.91. The Morgan fingerprint density at radius 1 is 1.36 bits per heavy atom. The Labute approximate surface area is 137 Å². The van der Waals surface area contributed by atoms with E-state index in [4.69, 9.17) is 21.1 Å². The van der Waals surface area contributed by atoms with E-state index in [1.807, 2.05) is 13.0 Å². The van der Waals surface area contributed by atoms with Gasteiger partial charge < -0.3 is 9.47 Å². The predicted octanol–water partition coefficient (Wildman–Crippen LogP) is 4.09. The van der Waals surface area contributed by atoms with Gasteiger partial charge in [0.1, 0.15) is 5.76 Å². The van der Waals surface area contributed by atoms with E-state index in [1.54, 1.807) is 18.6 Å². The van der Waals surface area contributed by atoms with Crippen LogP contribution in [0.3, 0.4) is 0 Å². The molecule has 6 heteroatoms. The molecule has 2 aliphatic rings. The largest absolute Gasteiger partial charge is 0.495 e. The van der Waals surface area contributed by atoms with E-state index in [1.165, 1.54) is 18.4 Å². The zero-order valence-electron chi connectivity index (χ0n) is 12.4. The predicted molar refractivity (Wildman–Crippen MR) is 87.9 cm³/mol. The Kier molecular flexibility index (Phi) is 3.93. The summed E-state index contributed by atoms with van der Waals surface area (Å²) in [4.78, 5) is 17.4. The zero-order valence-corrected chi connectivity index (χ0v) is 14.0. The molecule has 1 aliphatic heterocycles. The fraction of sp³-hybridized carbons (Fsp3) is 0.250. The van der Waals surface area contributed by atoms with Gasteiger partial charge in [0.2, 0.25) is 0 Å². The second-order valence-corrected chi connectivity index (χ2v) is 6.27. The summed E-state index contributed by atoms with van der Waals surface area (Å²) in [6.45, 7) is 1.90. The number of allylic oxidation sites excluding steroid dienone is 5. The van der Waals surface area contributed by atoms with Crippen LogP contribution in [-0.2, 0) is 4.74 Å². The number of thiophene rings is 1. The molecule has 1 aromatic heterocycles. The Balaban J connectivity index is 2.13. The average Bonchev–Trinajstić information content (AvgIpc) is 3.10.